The lowest BCUT2D eigenvalue weighted by Crippen LogP contribution is -2.51. The van der Waals surface area contributed by atoms with E-state index in [-0.39, 0.29) is 35.7 Å². The van der Waals surface area contributed by atoms with E-state index in [9.17, 15) is 24.3 Å². The molecule has 4 aromatic rings. The third-order valence-electron chi connectivity index (χ3n) is 11.7. The van der Waals surface area contributed by atoms with Crippen molar-refractivity contribution in [2.75, 3.05) is 41.5 Å². The lowest BCUT2D eigenvalue weighted by atomic mass is 10.00. The molecule has 2 aromatic carbocycles. The molecule has 6 rings (SSSR count). The van der Waals surface area contributed by atoms with Gasteiger partial charge in [0, 0.05) is 52.5 Å². The van der Waals surface area contributed by atoms with Crippen LogP contribution in [0.1, 0.15) is 82.8 Å². The fourth-order valence-corrected chi connectivity index (χ4v) is 8.41. The van der Waals surface area contributed by atoms with Crippen molar-refractivity contribution < 1.29 is 38.5 Å². The van der Waals surface area contributed by atoms with Gasteiger partial charge in [-0.15, -0.1) is 0 Å². The molecule has 2 saturated heterocycles. The zero-order valence-electron chi connectivity index (χ0n) is 35.7. The van der Waals surface area contributed by atoms with E-state index in [1.807, 2.05) is 58.2 Å². The summed E-state index contributed by atoms with van der Waals surface area (Å²) in [6.45, 7) is 8.59. The minimum absolute atomic E-state index is 0.119. The molecule has 0 saturated carbocycles. The molecule has 2 aliphatic heterocycles. The number of ether oxygens (including phenoxy) is 3. The van der Waals surface area contributed by atoms with Gasteiger partial charge in [-0.05, 0) is 54.2 Å². The van der Waals surface area contributed by atoms with E-state index in [4.69, 9.17) is 24.2 Å². The maximum Gasteiger partial charge on any atom is 0.407 e. The first-order valence-electron chi connectivity index (χ1n) is 20.6. The number of benzene rings is 2. The van der Waals surface area contributed by atoms with Crippen molar-refractivity contribution in [1.82, 2.24) is 40.0 Å². The molecular formula is C44H58N8O8. The van der Waals surface area contributed by atoms with Gasteiger partial charge in [-0.3, -0.25) is 14.5 Å². The van der Waals surface area contributed by atoms with Crippen LogP contribution in [0, 0.1) is 11.8 Å². The zero-order valence-corrected chi connectivity index (χ0v) is 35.7. The van der Waals surface area contributed by atoms with Gasteiger partial charge < -0.3 is 44.4 Å². The number of carbonyl (C=O) groups excluding carboxylic acids is 3. The lowest BCUT2D eigenvalue weighted by molar-refractivity contribution is -0.138. The largest absolute Gasteiger partial charge is 0.465 e. The van der Waals surface area contributed by atoms with Gasteiger partial charge in [0.05, 0.1) is 36.3 Å². The number of aromatic amines is 2. The number of nitrogens with one attached hydrogen (secondary N) is 3. The molecule has 0 bridgehead atoms. The molecule has 0 radical (unpaired) electrons. The first-order chi connectivity index (χ1) is 28.8. The van der Waals surface area contributed by atoms with Gasteiger partial charge in [0.15, 0.2) is 6.29 Å². The van der Waals surface area contributed by atoms with Gasteiger partial charge in [0.2, 0.25) is 11.8 Å². The van der Waals surface area contributed by atoms with Gasteiger partial charge in [0.1, 0.15) is 23.7 Å². The molecule has 2 aromatic heterocycles. The van der Waals surface area contributed by atoms with Crippen molar-refractivity contribution >= 4 is 24.0 Å². The smallest absolute Gasteiger partial charge is 0.407 e. The van der Waals surface area contributed by atoms with Crippen molar-refractivity contribution in [3.8, 4) is 33.6 Å². The number of H-pyrrole nitrogens is 2. The number of likely N-dealkylation sites (tertiary alicyclic amines) is 2. The Labute approximate surface area is 351 Å². The van der Waals surface area contributed by atoms with Crippen LogP contribution in [0.15, 0.2) is 54.7 Å². The van der Waals surface area contributed by atoms with Crippen LogP contribution >= 0.6 is 0 Å². The van der Waals surface area contributed by atoms with Crippen molar-refractivity contribution in [3.63, 3.8) is 0 Å². The van der Waals surface area contributed by atoms with Gasteiger partial charge in [-0.2, -0.15) is 0 Å². The van der Waals surface area contributed by atoms with Crippen LogP contribution in [0.5, 0.6) is 0 Å². The molecule has 16 nitrogen and oxygen atoms in total. The molecular weight excluding hydrogens is 769 g/mol. The number of imidazole rings is 2. The number of hydrogen-bond donors (Lipinski definition) is 4. The Morgan fingerprint density at radius 1 is 0.800 bits per heavy atom. The predicted molar refractivity (Wildman–Crippen MR) is 225 cm³/mol. The second-order valence-electron chi connectivity index (χ2n) is 16.2. The Hall–Kier alpha value is -5.74. The number of aromatic nitrogens is 4. The molecule has 4 amide bonds. The number of hydrogen-bond acceptors (Lipinski definition) is 9. The highest BCUT2D eigenvalue weighted by atomic mass is 16.7. The number of alkyl carbamates (subject to hydrolysis) is 1. The van der Waals surface area contributed by atoms with Crippen molar-refractivity contribution in [2.24, 2.45) is 11.8 Å². The van der Waals surface area contributed by atoms with E-state index in [0.29, 0.717) is 37.6 Å². The molecule has 4 atom stereocenters. The van der Waals surface area contributed by atoms with Crippen molar-refractivity contribution in [1.29, 1.82) is 0 Å². The number of amides is 4. The minimum Gasteiger partial charge on any atom is -0.465 e. The van der Waals surface area contributed by atoms with Crippen LogP contribution in [0.2, 0.25) is 0 Å². The Kier molecular flexibility index (Phi) is 14.0. The normalized spacial score (nSPS) is 17.7. The SMILES string of the molecule is COC(=O)N[C@H](C(=O)N1CCC[C@H]1c1nc(-c2ccc(-c3ccc(-c4[nH]c([C@@H]5CCCN5C(=O)[C@H](C(C)C)N(C)C(=O)O)nc4CC(OC)OC)cc3)cc2)c[nH]1)C(C)C. The monoisotopic (exact) mass is 826 g/mol. The Morgan fingerprint density at radius 2 is 1.35 bits per heavy atom. The maximum atomic E-state index is 13.9. The average Bonchev–Trinajstić information content (AvgIpc) is 4.08. The first kappa shape index (κ1) is 43.8. The Morgan fingerprint density at radius 3 is 1.88 bits per heavy atom. The van der Waals surface area contributed by atoms with Crippen molar-refractivity contribution in [2.45, 2.75) is 90.3 Å². The van der Waals surface area contributed by atoms with Crippen LogP contribution < -0.4 is 5.32 Å². The summed E-state index contributed by atoms with van der Waals surface area (Å²) in [6, 6.07) is 14.2. The van der Waals surface area contributed by atoms with Crippen LogP contribution in [-0.2, 0) is 30.2 Å². The van der Waals surface area contributed by atoms with E-state index < -0.39 is 30.6 Å². The fourth-order valence-electron chi connectivity index (χ4n) is 8.41. The topological polar surface area (TPSA) is 195 Å². The number of carbonyl (C=O) groups is 4. The maximum absolute atomic E-state index is 13.9. The molecule has 16 heteroatoms. The summed E-state index contributed by atoms with van der Waals surface area (Å²) >= 11 is 0. The first-order valence-corrected chi connectivity index (χ1v) is 20.6. The third kappa shape index (κ3) is 9.34. The molecule has 0 unspecified atom stereocenters. The van der Waals surface area contributed by atoms with Crippen molar-refractivity contribution in [3.05, 3.63) is 72.1 Å². The minimum atomic E-state index is -1.15. The van der Waals surface area contributed by atoms with Crippen LogP contribution in [0.25, 0.3) is 33.6 Å². The summed E-state index contributed by atoms with van der Waals surface area (Å²) in [4.78, 5) is 72.8. The van der Waals surface area contributed by atoms with E-state index in [1.54, 1.807) is 24.0 Å². The van der Waals surface area contributed by atoms with Gasteiger partial charge in [0.25, 0.3) is 0 Å². The lowest BCUT2D eigenvalue weighted by Gasteiger charge is -2.33. The number of nitrogens with zero attached hydrogens (tertiary/aromatic N) is 5. The standard InChI is InChI=1S/C44H58N8O8/c1-25(2)36(49-43(55)60-8)41(53)51-21-9-11-33(51)39-45-24-32(47-39)29-17-13-27(14-18-29)28-15-19-30(20-16-28)37-31(23-35(58-6)59-7)46-40(48-37)34-12-10-22-52(34)42(54)38(26(3)4)50(5)44(56)57/h13-20,24-26,33-36,38H,9-12,21-23H2,1-8H3,(H,45,47)(H,46,48)(H,49,55)(H,56,57)/t33-,34-,36-,38-/m0/s1. The summed E-state index contributed by atoms with van der Waals surface area (Å²) in [5, 5.41) is 12.4. The highest BCUT2D eigenvalue weighted by molar-refractivity contribution is 5.87. The van der Waals surface area contributed by atoms with Gasteiger partial charge >= 0.3 is 12.2 Å². The second kappa shape index (κ2) is 19.1. The highest BCUT2D eigenvalue weighted by Crippen LogP contribution is 2.37. The fraction of sp³-hybridized carbons (Fsp3) is 0.500. The van der Waals surface area contributed by atoms with Gasteiger partial charge in [-0.25, -0.2) is 19.6 Å². The number of rotatable bonds is 15. The van der Waals surface area contributed by atoms with E-state index >= 15 is 0 Å². The Bertz CT molecular complexity index is 2110. The summed E-state index contributed by atoms with van der Waals surface area (Å²) in [5.41, 5.74) is 6.15. The number of likely N-dealkylation sites (N-methyl/N-ethyl adjacent to an activating group) is 1. The second-order valence-corrected chi connectivity index (χ2v) is 16.2. The molecule has 2 fully saturated rings. The summed E-state index contributed by atoms with van der Waals surface area (Å²) in [5.74, 6) is 0.628. The van der Waals surface area contributed by atoms with E-state index in [1.165, 1.54) is 14.2 Å². The quantitative estimate of drug-likeness (QED) is 0.0945. The summed E-state index contributed by atoms with van der Waals surface area (Å²) in [7, 11) is 5.89. The van der Waals surface area contributed by atoms with E-state index in [2.05, 4.69) is 39.6 Å². The molecule has 322 valence electrons. The summed E-state index contributed by atoms with van der Waals surface area (Å²) in [6.07, 6.45) is 2.98. The zero-order chi connectivity index (χ0) is 43.2. The molecule has 4 heterocycles. The number of methoxy groups -OCH3 is 3. The van der Waals surface area contributed by atoms with Crippen LogP contribution in [-0.4, -0.2) is 124 Å². The van der Waals surface area contributed by atoms with Crippen LogP contribution in [0.4, 0.5) is 9.59 Å². The summed E-state index contributed by atoms with van der Waals surface area (Å²) < 4.78 is 15.9. The molecule has 4 N–H and O–H groups in total. The molecule has 2 aliphatic rings. The molecule has 0 aliphatic carbocycles. The van der Waals surface area contributed by atoms with Crippen LogP contribution in [0.3, 0.4) is 0 Å². The molecule has 0 spiro atoms. The Balaban J connectivity index is 1.20. The van der Waals surface area contributed by atoms with E-state index in [0.717, 1.165) is 63.5 Å². The third-order valence-corrected chi connectivity index (χ3v) is 11.7. The number of carboxylic acid groups (broad SMARTS) is 1. The highest BCUT2D eigenvalue weighted by Gasteiger charge is 2.40. The van der Waals surface area contributed by atoms with Gasteiger partial charge in [-0.1, -0.05) is 76.2 Å². The molecule has 60 heavy (non-hydrogen) atoms. The average molecular weight is 827 g/mol. The predicted octanol–water partition coefficient (Wildman–Crippen LogP) is 6.64.